The summed E-state index contributed by atoms with van der Waals surface area (Å²) >= 11 is 0. The van der Waals surface area contributed by atoms with Crippen LogP contribution < -0.4 is 4.74 Å². The predicted octanol–water partition coefficient (Wildman–Crippen LogP) is 4.75. The van der Waals surface area contributed by atoms with Gasteiger partial charge in [0.1, 0.15) is 5.75 Å². The second-order valence-electron chi connectivity index (χ2n) is 5.13. The van der Waals surface area contributed by atoms with E-state index < -0.39 is 0 Å². The van der Waals surface area contributed by atoms with Crippen LogP contribution in [0.25, 0.3) is 10.8 Å². The summed E-state index contributed by atoms with van der Waals surface area (Å²) in [6.45, 7) is 2.11. The fourth-order valence-corrected chi connectivity index (χ4v) is 2.60. The molecule has 0 amide bonds. The van der Waals surface area contributed by atoms with Gasteiger partial charge in [0, 0.05) is 12.0 Å². The normalized spacial score (nSPS) is 10.7. The number of fused-ring (bicyclic) bond motifs is 1. The third-order valence-corrected chi connectivity index (χ3v) is 3.72. The third-order valence-electron chi connectivity index (χ3n) is 3.72. The maximum absolute atomic E-state index is 5.55. The fourth-order valence-electron chi connectivity index (χ4n) is 2.60. The number of methoxy groups -OCH3 is 1. The van der Waals surface area contributed by atoms with E-state index in [4.69, 9.17) is 4.74 Å². The van der Waals surface area contributed by atoms with Crippen molar-refractivity contribution in [2.75, 3.05) is 7.11 Å². The molecule has 100 valence electrons. The van der Waals surface area contributed by atoms with Gasteiger partial charge in [-0.1, -0.05) is 60.2 Å². The van der Waals surface area contributed by atoms with E-state index in [9.17, 15) is 0 Å². The number of aryl methyl sites for hydroxylation is 1. The van der Waals surface area contributed by atoms with Gasteiger partial charge in [0.15, 0.2) is 0 Å². The van der Waals surface area contributed by atoms with Crippen molar-refractivity contribution in [2.24, 2.45) is 0 Å². The molecule has 1 nitrogen and oxygen atoms in total. The molecule has 0 aliphatic heterocycles. The lowest BCUT2D eigenvalue weighted by molar-refractivity contribution is 0.411. The van der Waals surface area contributed by atoms with Crippen molar-refractivity contribution in [2.45, 2.75) is 13.3 Å². The van der Waals surface area contributed by atoms with Crippen molar-refractivity contribution in [3.05, 3.63) is 77.4 Å². The number of hydrogen-bond acceptors (Lipinski definition) is 1. The highest BCUT2D eigenvalue weighted by Gasteiger charge is 2.08. The molecule has 0 aromatic heterocycles. The minimum Gasteiger partial charge on any atom is -0.496 e. The second kappa shape index (κ2) is 5.38. The molecule has 0 saturated heterocycles. The molecule has 1 heteroatoms. The molecule has 20 heavy (non-hydrogen) atoms. The minimum atomic E-state index is 0.894. The van der Waals surface area contributed by atoms with Crippen molar-refractivity contribution in [3.8, 4) is 5.75 Å². The molecule has 0 N–H and O–H groups in total. The summed E-state index contributed by atoms with van der Waals surface area (Å²) in [7, 11) is 1.74. The highest BCUT2D eigenvalue weighted by atomic mass is 16.5. The van der Waals surface area contributed by atoms with Gasteiger partial charge in [0.25, 0.3) is 0 Å². The zero-order valence-electron chi connectivity index (χ0n) is 11.9. The van der Waals surface area contributed by atoms with Crippen LogP contribution in [0.3, 0.4) is 0 Å². The van der Waals surface area contributed by atoms with Gasteiger partial charge >= 0.3 is 0 Å². The van der Waals surface area contributed by atoms with Crippen molar-refractivity contribution in [3.63, 3.8) is 0 Å². The standard InChI is InChI=1S/C19H18O/c1-14-7-9-15(10-8-14)13-18-17-6-4-3-5-16(17)11-12-19(18)20-2/h3-12H,13H2,1-2H3. The van der Waals surface area contributed by atoms with Gasteiger partial charge in [0.2, 0.25) is 0 Å². The lowest BCUT2D eigenvalue weighted by atomic mass is 9.97. The highest BCUT2D eigenvalue weighted by molar-refractivity contribution is 5.88. The van der Waals surface area contributed by atoms with Gasteiger partial charge in [-0.05, 0) is 29.3 Å². The topological polar surface area (TPSA) is 9.23 Å². The minimum absolute atomic E-state index is 0.894. The molecule has 3 aromatic carbocycles. The molecule has 0 unspecified atom stereocenters. The van der Waals surface area contributed by atoms with Gasteiger partial charge in [-0.15, -0.1) is 0 Å². The molecule has 0 radical (unpaired) electrons. The van der Waals surface area contributed by atoms with E-state index in [-0.39, 0.29) is 0 Å². The Labute approximate surface area is 119 Å². The Balaban J connectivity index is 2.11. The Morgan fingerprint density at radius 3 is 2.35 bits per heavy atom. The summed E-state index contributed by atoms with van der Waals surface area (Å²) < 4.78 is 5.55. The quantitative estimate of drug-likeness (QED) is 0.662. The molecular formula is C19H18O. The first-order valence-electron chi connectivity index (χ1n) is 6.88. The van der Waals surface area contributed by atoms with Crippen LogP contribution in [0.15, 0.2) is 60.7 Å². The molecule has 0 heterocycles. The van der Waals surface area contributed by atoms with E-state index in [1.165, 1.54) is 27.5 Å². The molecule has 3 rings (SSSR count). The third kappa shape index (κ3) is 2.39. The van der Waals surface area contributed by atoms with Crippen LogP contribution in [0.1, 0.15) is 16.7 Å². The first-order valence-corrected chi connectivity index (χ1v) is 6.88. The van der Waals surface area contributed by atoms with Crippen molar-refractivity contribution in [1.29, 1.82) is 0 Å². The fraction of sp³-hybridized carbons (Fsp3) is 0.158. The number of benzene rings is 3. The summed E-state index contributed by atoms with van der Waals surface area (Å²) in [5.74, 6) is 0.962. The molecule has 0 fully saturated rings. The molecule has 0 saturated carbocycles. The number of rotatable bonds is 3. The molecule has 3 aromatic rings. The molecule has 0 aliphatic carbocycles. The highest BCUT2D eigenvalue weighted by Crippen LogP contribution is 2.30. The van der Waals surface area contributed by atoms with Gasteiger partial charge in [-0.3, -0.25) is 0 Å². The second-order valence-corrected chi connectivity index (χ2v) is 5.13. The average molecular weight is 262 g/mol. The summed E-state index contributed by atoms with van der Waals surface area (Å²) in [4.78, 5) is 0. The van der Waals surface area contributed by atoms with Crippen LogP contribution in [0.4, 0.5) is 0 Å². The van der Waals surface area contributed by atoms with Crippen LogP contribution in [-0.2, 0) is 6.42 Å². The molecule has 0 atom stereocenters. The Morgan fingerprint density at radius 2 is 1.60 bits per heavy atom. The van der Waals surface area contributed by atoms with Crippen LogP contribution in [0.5, 0.6) is 5.75 Å². The Bertz CT molecular complexity index is 726. The van der Waals surface area contributed by atoms with E-state index in [2.05, 4.69) is 67.6 Å². The maximum Gasteiger partial charge on any atom is 0.123 e. The van der Waals surface area contributed by atoms with Crippen molar-refractivity contribution < 1.29 is 4.74 Å². The Morgan fingerprint density at radius 1 is 0.850 bits per heavy atom. The van der Waals surface area contributed by atoms with E-state index in [0.717, 1.165) is 12.2 Å². The van der Waals surface area contributed by atoms with Crippen LogP contribution in [0, 0.1) is 6.92 Å². The Kier molecular flexibility index (Phi) is 3.42. The van der Waals surface area contributed by atoms with Crippen LogP contribution >= 0.6 is 0 Å². The van der Waals surface area contributed by atoms with E-state index in [0.29, 0.717) is 0 Å². The van der Waals surface area contributed by atoms with E-state index in [1.54, 1.807) is 7.11 Å². The first-order chi connectivity index (χ1) is 9.78. The van der Waals surface area contributed by atoms with Gasteiger partial charge < -0.3 is 4.74 Å². The number of ether oxygens (including phenoxy) is 1. The molecule has 0 spiro atoms. The van der Waals surface area contributed by atoms with E-state index >= 15 is 0 Å². The van der Waals surface area contributed by atoms with Gasteiger partial charge in [-0.25, -0.2) is 0 Å². The van der Waals surface area contributed by atoms with Crippen LogP contribution in [0.2, 0.25) is 0 Å². The summed E-state index contributed by atoms with van der Waals surface area (Å²) in [6.07, 6.45) is 0.894. The summed E-state index contributed by atoms with van der Waals surface area (Å²) in [5.41, 5.74) is 3.86. The molecular weight excluding hydrogens is 244 g/mol. The summed E-state index contributed by atoms with van der Waals surface area (Å²) in [6, 6.07) is 21.4. The maximum atomic E-state index is 5.55. The molecule has 0 bridgehead atoms. The van der Waals surface area contributed by atoms with Crippen molar-refractivity contribution in [1.82, 2.24) is 0 Å². The lowest BCUT2D eigenvalue weighted by Crippen LogP contribution is -1.95. The van der Waals surface area contributed by atoms with E-state index in [1.807, 2.05) is 0 Å². The zero-order chi connectivity index (χ0) is 13.9. The zero-order valence-corrected chi connectivity index (χ0v) is 11.9. The van der Waals surface area contributed by atoms with Gasteiger partial charge in [-0.2, -0.15) is 0 Å². The summed E-state index contributed by atoms with van der Waals surface area (Å²) in [5, 5.41) is 2.53. The van der Waals surface area contributed by atoms with Gasteiger partial charge in [0.05, 0.1) is 7.11 Å². The number of hydrogen-bond donors (Lipinski definition) is 0. The monoisotopic (exact) mass is 262 g/mol. The predicted molar refractivity (Wildman–Crippen MR) is 84.5 cm³/mol. The smallest absolute Gasteiger partial charge is 0.123 e. The van der Waals surface area contributed by atoms with Crippen LogP contribution in [-0.4, -0.2) is 7.11 Å². The molecule has 0 aliphatic rings. The average Bonchev–Trinajstić information content (AvgIpc) is 2.50. The first kappa shape index (κ1) is 12.7. The lowest BCUT2D eigenvalue weighted by Gasteiger charge is -2.12. The largest absolute Gasteiger partial charge is 0.496 e. The van der Waals surface area contributed by atoms with Crippen molar-refractivity contribution >= 4 is 10.8 Å². The Hall–Kier alpha value is -2.28. The SMILES string of the molecule is COc1ccc2ccccc2c1Cc1ccc(C)cc1.